The van der Waals surface area contributed by atoms with Crippen molar-refractivity contribution in [3.8, 4) is 23.0 Å². The Hall–Kier alpha value is -5.13. The van der Waals surface area contributed by atoms with E-state index in [-0.39, 0.29) is 50.6 Å². The molecule has 67 heavy (non-hydrogen) atoms. The molecule has 1 fully saturated rings. The highest BCUT2D eigenvalue weighted by Crippen LogP contribution is 2.37. The minimum atomic E-state index is -4.87. The first-order valence-corrected chi connectivity index (χ1v) is 19.0. The first-order valence-electron chi connectivity index (χ1n) is 17.9. The Balaban J connectivity index is 0.000000227. The Labute approximate surface area is 383 Å². The van der Waals surface area contributed by atoms with Gasteiger partial charge in [-0.05, 0) is 53.7 Å². The lowest BCUT2D eigenvalue weighted by molar-refractivity contribution is -0.190. The highest BCUT2D eigenvalue weighted by Gasteiger charge is 2.52. The molecule has 2 atom stereocenters. The predicted molar refractivity (Wildman–Crippen MR) is 209 cm³/mol. The number of hydrogen-bond donors (Lipinski definition) is 0. The van der Waals surface area contributed by atoms with Gasteiger partial charge in [0.15, 0.2) is 40.3 Å². The molecule has 366 valence electrons. The number of pyridine rings is 2. The molecule has 32 heteroatoms. The summed E-state index contributed by atoms with van der Waals surface area (Å²) in [6, 6.07) is 3.86. The number of nitrogens with zero attached hydrogens (tertiary/aromatic N) is 10. The third kappa shape index (κ3) is 12.5. The molecule has 6 aromatic heterocycles. The van der Waals surface area contributed by atoms with Gasteiger partial charge in [0.2, 0.25) is 0 Å². The standard InChI is InChI=1S/C14H18BF4NO3.C14H7ClF7N5O.C6HCl2F3N4.CH4/c1-8(14(17,18)19)21-11-10(16)6-9(7-20-11)15-22-12(2,3)13(4,5)23-15;1-5(13(17,18)19)28-11-8(16)2-6(4-23-11)10-7(15)3-9-24-25-12(14(20,21)22)27(9)26-10;7-2-1-3-12-13-5(6(9,10)11)15(3)14-4(2)8;/h6-8H,1-5H3;2-5H,1H3;1H;1H4/t8-;5-;;/m00../s1. The average molecular weight is 1040 g/mol. The summed E-state index contributed by atoms with van der Waals surface area (Å²) in [5.41, 5.74) is -1.90. The van der Waals surface area contributed by atoms with Gasteiger partial charge in [-0.1, -0.05) is 42.2 Å². The first-order chi connectivity index (χ1) is 30.1. The summed E-state index contributed by atoms with van der Waals surface area (Å²) in [5.74, 6) is -6.62. The molecule has 0 unspecified atom stereocenters. The third-order valence-corrected chi connectivity index (χ3v) is 10.0. The van der Waals surface area contributed by atoms with Crippen LogP contribution in [0.3, 0.4) is 0 Å². The van der Waals surface area contributed by atoms with Crippen molar-refractivity contribution >= 4 is 58.7 Å². The predicted octanol–water partition coefficient (Wildman–Crippen LogP) is 10.3. The molecule has 0 saturated carbocycles. The van der Waals surface area contributed by atoms with Gasteiger partial charge in [-0.2, -0.15) is 71.9 Å². The Morgan fingerprint density at radius 2 is 1.03 bits per heavy atom. The van der Waals surface area contributed by atoms with Gasteiger partial charge in [0.25, 0.3) is 23.4 Å². The molecule has 6 aromatic rings. The van der Waals surface area contributed by atoms with Crippen molar-refractivity contribution in [3.05, 3.63) is 75.1 Å². The molecule has 7 rings (SSSR count). The summed E-state index contributed by atoms with van der Waals surface area (Å²) in [5, 5.41) is 19.1. The Morgan fingerprint density at radius 3 is 1.45 bits per heavy atom. The second-order valence-electron chi connectivity index (χ2n) is 14.5. The van der Waals surface area contributed by atoms with Gasteiger partial charge in [0, 0.05) is 35.6 Å². The highest BCUT2D eigenvalue weighted by atomic mass is 35.5. The van der Waals surface area contributed by atoms with E-state index in [0.29, 0.717) is 22.0 Å². The van der Waals surface area contributed by atoms with Crippen LogP contribution in [0, 0.1) is 11.6 Å². The lowest BCUT2D eigenvalue weighted by Gasteiger charge is -2.32. The van der Waals surface area contributed by atoms with Crippen LogP contribution >= 0.6 is 34.8 Å². The Kier molecular flexibility index (Phi) is 15.8. The first kappa shape index (κ1) is 54.5. The average Bonchev–Trinajstić information content (AvgIpc) is 3.85. The number of hydrogen-bond acceptors (Lipinski definition) is 12. The van der Waals surface area contributed by atoms with E-state index in [1.807, 2.05) is 27.7 Å². The van der Waals surface area contributed by atoms with Crippen molar-refractivity contribution in [2.45, 2.75) is 97.1 Å². The number of ether oxygens (including phenoxy) is 2. The fourth-order valence-electron chi connectivity index (χ4n) is 4.89. The molecule has 1 aliphatic rings. The van der Waals surface area contributed by atoms with Crippen LogP contribution in [0.2, 0.25) is 15.2 Å². The lowest BCUT2D eigenvalue weighted by atomic mass is 9.80. The van der Waals surface area contributed by atoms with Crippen LogP contribution in [-0.2, 0) is 21.7 Å². The van der Waals surface area contributed by atoms with Gasteiger partial charge in [-0.3, -0.25) is 0 Å². The number of rotatable bonds is 6. The number of alkyl halides is 12. The zero-order valence-electron chi connectivity index (χ0n) is 33.7. The summed E-state index contributed by atoms with van der Waals surface area (Å²) < 4.78 is 200. The van der Waals surface area contributed by atoms with E-state index >= 15 is 0 Å². The Bertz CT molecular complexity index is 2700. The number of aromatic nitrogens is 10. The van der Waals surface area contributed by atoms with Crippen LogP contribution in [0.4, 0.5) is 61.5 Å². The van der Waals surface area contributed by atoms with E-state index in [0.717, 1.165) is 31.3 Å². The van der Waals surface area contributed by atoms with Gasteiger partial charge in [0.1, 0.15) is 5.69 Å². The molecule has 0 aliphatic carbocycles. The van der Waals surface area contributed by atoms with Gasteiger partial charge >= 0.3 is 31.8 Å². The van der Waals surface area contributed by atoms with E-state index in [9.17, 15) is 61.5 Å². The van der Waals surface area contributed by atoms with E-state index < -0.39 is 90.3 Å². The fraction of sp³-hybridized carbons (Fsp3) is 0.429. The van der Waals surface area contributed by atoms with Crippen LogP contribution in [0.15, 0.2) is 36.7 Å². The van der Waals surface area contributed by atoms with E-state index in [1.165, 1.54) is 6.20 Å². The van der Waals surface area contributed by atoms with Crippen LogP contribution < -0.4 is 14.9 Å². The summed E-state index contributed by atoms with van der Waals surface area (Å²) in [4.78, 5) is 7.04. The summed E-state index contributed by atoms with van der Waals surface area (Å²) >= 11 is 17.0. The second kappa shape index (κ2) is 19.5. The number of fused-ring (bicyclic) bond motifs is 2. The van der Waals surface area contributed by atoms with E-state index in [1.54, 1.807) is 0 Å². The van der Waals surface area contributed by atoms with Crippen molar-refractivity contribution in [2.75, 3.05) is 0 Å². The SMILES string of the molecule is C.C[C@H](Oc1ncc(-c2nn3c(C(F)(F)F)nnc3cc2Cl)cc1F)C(F)(F)F.C[C@H](Oc1ncc(B2OC(C)(C)C(C)(C)O2)cc1F)C(F)(F)F.FC(F)(F)c1nnc2cc(Cl)c(Cl)nn12. The summed E-state index contributed by atoms with van der Waals surface area (Å²) in [6.07, 6.45) is -21.3. The monoisotopic (exact) mass is 1040 g/mol. The highest BCUT2D eigenvalue weighted by molar-refractivity contribution is 6.62. The van der Waals surface area contributed by atoms with Crippen molar-refractivity contribution in [1.29, 1.82) is 0 Å². The van der Waals surface area contributed by atoms with Gasteiger partial charge in [-0.15, -0.1) is 20.4 Å². The van der Waals surface area contributed by atoms with Crippen molar-refractivity contribution in [3.63, 3.8) is 0 Å². The molecule has 1 saturated heterocycles. The maximum absolute atomic E-state index is 14.1. The van der Waals surface area contributed by atoms with Gasteiger partial charge in [0.05, 0.1) is 21.2 Å². The molecule has 1 aliphatic heterocycles. The molecule has 0 N–H and O–H groups in total. The summed E-state index contributed by atoms with van der Waals surface area (Å²) in [7, 11) is -0.851. The molecular formula is C35H30BCl3F14N10O4. The molecule has 14 nitrogen and oxygen atoms in total. The molecule has 0 bridgehead atoms. The van der Waals surface area contributed by atoms with Crippen LogP contribution in [0.1, 0.15) is 60.6 Å². The Morgan fingerprint density at radius 1 is 0.612 bits per heavy atom. The molecule has 7 heterocycles. The molecule has 0 radical (unpaired) electrons. The van der Waals surface area contributed by atoms with Crippen LogP contribution in [-0.4, -0.2) is 92.5 Å². The van der Waals surface area contributed by atoms with E-state index in [4.69, 9.17) is 44.1 Å². The minimum absolute atomic E-state index is 0. The van der Waals surface area contributed by atoms with Crippen LogP contribution in [0.5, 0.6) is 11.8 Å². The van der Waals surface area contributed by atoms with Crippen LogP contribution in [0.25, 0.3) is 22.6 Å². The van der Waals surface area contributed by atoms with Gasteiger partial charge in [-0.25, -0.2) is 18.7 Å². The lowest BCUT2D eigenvalue weighted by Crippen LogP contribution is -2.41. The van der Waals surface area contributed by atoms with Gasteiger partial charge < -0.3 is 18.8 Å². The van der Waals surface area contributed by atoms with Crippen molar-refractivity contribution in [1.82, 2.24) is 49.6 Å². The smallest absolute Gasteiger partial charge is 0.463 e. The van der Waals surface area contributed by atoms with Crippen molar-refractivity contribution < 1.29 is 80.2 Å². The second-order valence-corrected chi connectivity index (χ2v) is 15.6. The zero-order chi connectivity index (χ0) is 49.7. The third-order valence-electron chi connectivity index (χ3n) is 9.09. The fourth-order valence-corrected chi connectivity index (χ4v) is 5.40. The largest absolute Gasteiger partial charge is 0.496 e. The topological polar surface area (TPSA) is 149 Å². The normalized spacial score (nSPS) is 15.8. The van der Waals surface area contributed by atoms with Crippen molar-refractivity contribution in [2.24, 2.45) is 0 Å². The van der Waals surface area contributed by atoms with E-state index in [2.05, 4.69) is 50.0 Å². The minimum Gasteiger partial charge on any atom is -0.463 e. The number of halogens is 17. The molecule has 0 amide bonds. The zero-order valence-corrected chi connectivity index (χ0v) is 36.0. The maximum Gasteiger partial charge on any atom is 0.496 e. The molecule has 0 spiro atoms. The molecule has 0 aromatic carbocycles. The summed E-state index contributed by atoms with van der Waals surface area (Å²) in [6.45, 7) is 8.77. The molecular weight excluding hydrogens is 1010 g/mol. The maximum atomic E-state index is 14.1. The quantitative estimate of drug-likeness (QED) is 0.115.